The predicted octanol–water partition coefficient (Wildman–Crippen LogP) is 6.78. The van der Waals surface area contributed by atoms with E-state index in [1.165, 1.54) is 16.7 Å². The molecule has 0 saturated carbocycles. The number of aromatic nitrogens is 2. The number of halogens is 5. The molecule has 3 atom stereocenters. The van der Waals surface area contributed by atoms with E-state index in [9.17, 15) is 14.9 Å². The van der Waals surface area contributed by atoms with Crippen LogP contribution in [0.3, 0.4) is 0 Å². The molecule has 4 heterocycles. The predicted molar refractivity (Wildman–Crippen MR) is 179 cm³/mol. The van der Waals surface area contributed by atoms with Crippen molar-refractivity contribution in [3.05, 3.63) is 73.6 Å². The largest absolute Gasteiger partial charge is 0.396 e. The first-order valence-electron chi connectivity index (χ1n) is 14.5. The molecular formula is C32H30Cl3F2N7O2. The van der Waals surface area contributed by atoms with Crippen molar-refractivity contribution >= 4 is 68.8 Å². The van der Waals surface area contributed by atoms with Crippen LogP contribution >= 0.6 is 34.8 Å². The van der Waals surface area contributed by atoms with Gasteiger partial charge in [-0.2, -0.15) is 5.26 Å². The number of nitrogens with two attached hydrogens (primary N) is 1. The highest BCUT2D eigenvalue weighted by Crippen LogP contribution is 2.44. The lowest BCUT2D eigenvalue weighted by Crippen LogP contribution is -2.54. The molecule has 3 aromatic rings. The Morgan fingerprint density at radius 2 is 1.87 bits per heavy atom. The lowest BCUT2D eigenvalue weighted by Gasteiger charge is -2.41. The van der Waals surface area contributed by atoms with Gasteiger partial charge in [-0.15, -0.1) is 0 Å². The Balaban J connectivity index is 1.89. The van der Waals surface area contributed by atoms with Gasteiger partial charge in [-0.1, -0.05) is 68.2 Å². The number of aliphatic imine (C=N–C) groups is 1. The summed E-state index contributed by atoms with van der Waals surface area (Å²) in [6.45, 7) is 12.0. The average molecular weight is 689 g/mol. The Bertz CT molecular complexity index is 1940. The van der Waals surface area contributed by atoms with Crippen LogP contribution in [0.2, 0.25) is 15.1 Å². The lowest BCUT2D eigenvalue weighted by molar-refractivity contribution is -0.128. The number of fused-ring (bicyclic) bond motifs is 1. The summed E-state index contributed by atoms with van der Waals surface area (Å²) >= 11 is 18.7. The SMILES string of the molecule is C=CC(=O)N1CCN(c2c(C#N)c(=O)n(C3C(C(C)C)=NC=CC3C)c3nc(-c4c(N)c(F)c(Cl)c(Cl)c4F)c(Cl)cc23)C[C@H]1C. The molecule has 0 spiro atoms. The summed E-state index contributed by atoms with van der Waals surface area (Å²) in [5.74, 6) is -2.91. The summed E-state index contributed by atoms with van der Waals surface area (Å²) in [6.07, 6.45) is 4.73. The Hall–Kier alpha value is -3.98. The number of carbonyl (C=O) groups is 1. The van der Waals surface area contributed by atoms with Crippen LogP contribution in [0.25, 0.3) is 22.3 Å². The molecular weight excluding hydrogens is 659 g/mol. The summed E-state index contributed by atoms with van der Waals surface area (Å²) in [5, 5.41) is 9.22. The maximum absolute atomic E-state index is 15.6. The topological polar surface area (TPSA) is 121 Å². The number of anilines is 2. The summed E-state index contributed by atoms with van der Waals surface area (Å²) in [6, 6.07) is 2.56. The molecule has 0 radical (unpaired) electrons. The number of allylic oxidation sites excluding steroid dienone is 1. The van der Waals surface area contributed by atoms with E-state index in [2.05, 4.69) is 17.6 Å². The van der Waals surface area contributed by atoms with Crippen LogP contribution in [-0.4, -0.2) is 51.7 Å². The molecule has 2 N–H and O–H groups in total. The van der Waals surface area contributed by atoms with Crippen LogP contribution in [0, 0.1) is 34.8 Å². The Morgan fingerprint density at radius 3 is 2.48 bits per heavy atom. The highest BCUT2D eigenvalue weighted by molar-refractivity contribution is 6.43. The standard InChI is InChI=1S/C32H30Cl3F2N7O2/c1-6-20(45)43-10-9-42(13-16(43)5)30-17-11-19(33)28(21-24(36)22(34)23(35)25(37)26(21)39)41-31(17)44(32(46)18(30)12-38)29-15(4)7-8-40-27(29)14(2)3/h6-8,11,14-16,29H,1,9-10,13,39H2,2-5H3/t15?,16-,29?/m1/s1. The van der Waals surface area contributed by atoms with Crippen molar-refractivity contribution in [1.29, 1.82) is 5.26 Å². The molecule has 1 fully saturated rings. The third-order valence-corrected chi connectivity index (χ3v) is 9.54. The second-order valence-corrected chi connectivity index (χ2v) is 12.8. The summed E-state index contributed by atoms with van der Waals surface area (Å²) in [7, 11) is 0. The van der Waals surface area contributed by atoms with Gasteiger partial charge in [-0.25, -0.2) is 13.8 Å². The van der Waals surface area contributed by atoms with Gasteiger partial charge in [0.05, 0.1) is 38.7 Å². The minimum absolute atomic E-state index is 0.0430. The van der Waals surface area contributed by atoms with Gasteiger partial charge >= 0.3 is 0 Å². The number of piperazine rings is 1. The number of carbonyl (C=O) groups excluding carboxylic acids is 1. The van der Waals surface area contributed by atoms with Crippen LogP contribution in [0.1, 0.15) is 39.3 Å². The third kappa shape index (κ3) is 5.32. The van der Waals surface area contributed by atoms with Crippen LogP contribution in [-0.2, 0) is 4.79 Å². The van der Waals surface area contributed by atoms with E-state index < -0.39 is 44.5 Å². The molecule has 1 aromatic carbocycles. The number of amides is 1. The van der Waals surface area contributed by atoms with Crippen molar-refractivity contribution in [3.63, 3.8) is 0 Å². The molecule has 0 aliphatic carbocycles. The molecule has 5 rings (SSSR count). The van der Waals surface area contributed by atoms with E-state index in [0.717, 1.165) is 0 Å². The first-order chi connectivity index (χ1) is 21.7. The van der Waals surface area contributed by atoms with Gasteiger partial charge < -0.3 is 15.5 Å². The van der Waals surface area contributed by atoms with E-state index in [-0.39, 0.29) is 64.5 Å². The van der Waals surface area contributed by atoms with Gasteiger partial charge in [0, 0.05) is 48.9 Å². The number of nitrogen functional groups attached to an aromatic ring is 1. The number of benzene rings is 1. The fourth-order valence-electron chi connectivity index (χ4n) is 6.21. The molecule has 1 saturated heterocycles. The molecule has 2 aliphatic rings. The Labute approximate surface area is 279 Å². The number of hydrogen-bond donors (Lipinski definition) is 1. The van der Waals surface area contributed by atoms with Crippen LogP contribution in [0.5, 0.6) is 0 Å². The van der Waals surface area contributed by atoms with Crippen molar-refractivity contribution in [3.8, 4) is 17.3 Å². The molecule has 14 heteroatoms. The van der Waals surface area contributed by atoms with Crippen molar-refractivity contribution in [1.82, 2.24) is 14.5 Å². The molecule has 1 amide bonds. The number of hydrogen-bond acceptors (Lipinski definition) is 7. The number of nitriles is 1. The van der Waals surface area contributed by atoms with E-state index in [4.69, 9.17) is 45.5 Å². The van der Waals surface area contributed by atoms with Crippen molar-refractivity contribution < 1.29 is 13.6 Å². The normalized spacial score (nSPS) is 19.8. The van der Waals surface area contributed by atoms with Gasteiger partial charge in [0.1, 0.15) is 22.3 Å². The second kappa shape index (κ2) is 12.7. The molecule has 9 nitrogen and oxygen atoms in total. The summed E-state index contributed by atoms with van der Waals surface area (Å²) < 4.78 is 32.0. The van der Waals surface area contributed by atoms with Gasteiger partial charge in [-0.05, 0) is 25.0 Å². The Kier molecular flexibility index (Phi) is 9.19. The summed E-state index contributed by atoms with van der Waals surface area (Å²) in [5.41, 5.74) is 4.68. The smallest absolute Gasteiger partial charge is 0.272 e. The molecule has 2 aliphatic heterocycles. The van der Waals surface area contributed by atoms with Gasteiger partial charge in [0.2, 0.25) is 5.91 Å². The molecule has 0 bridgehead atoms. The number of nitrogens with zero attached hydrogens (tertiary/aromatic N) is 6. The molecule has 2 aromatic heterocycles. The second-order valence-electron chi connectivity index (χ2n) is 11.6. The maximum Gasteiger partial charge on any atom is 0.272 e. The first kappa shape index (κ1) is 33.4. The van der Waals surface area contributed by atoms with Crippen LogP contribution < -0.4 is 16.2 Å². The zero-order chi connectivity index (χ0) is 33.8. The lowest BCUT2D eigenvalue weighted by atomic mass is 9.88. The highest BCUT2D eigenvalue weighted by Gasteiger charge is 2.36. The van der Waals surface area contributed by atoms with Gasteiger partial charge in [0.25, 0.3) is 5.56 Å². The van der Waals surface area contributed by atoms with Crippen LogP contribution in [0.15, 0.2) is 40.8 Å². The Morgan fingerprint density at radius 1 is 1.20 bits per heavy atom. The summed E-state index contributed by atoms with van der Waals surface area (Å²) in [4.78, 5) is 39.7. The highest BCUT2D eigenvalue weighted by atomic mass is 35.5. The quantitative estimate of drug-likeness (QED) is 0.137. The van der Waals surface area contributed by atoms with E-state index in [1.807, 2.05) is 38.7 Å². The van der Waals surface area contributed by atoms with Crippen molar-refractivity contribution in [2.45, 2.75) is 39.8 Å². The average Bonchev–Trinajstić information content (AvgIpc) is 3.02. The fraction of sp³-hybridized carbons (Fsp3) is 0.344. The third-order valence-electron chi connectivity index (χ3n) is 8.45. The molecule has 46 heavy (non-hydrogen) atoms. The minimum atomic E-state index is -1.15. The van der Waals surface area contributed by atoms with E-state index >= 15 is 8.78 Å². The van der Waals surface area contributed by atoms with Gasteiger partial charge in [0.15, 0.2) is 11.6 Å². The molecule has 2 unspecified atom stereocenters. The van der Waals surface area contributed by atoms with Crippen molar-refractivity contribution in [2.75, 3.05) is 30.3 Å². The zero-order valence-corrected chi connectivity index (χ0v) is 27.7. The fourth-order valence-corrected chi connectivity index (χ4v) is 6.82. The van der Waals surface area contributed by atoms with Crippen LogP contribution in [0.4, 0.5) is 20.2 Å². The van der Waals surface area contributed by atoms with E-state index in [1.54, 1.807) is 11.1 Å². The van der Waals surface area contributed by atoms with Crippen molar-refractivity contribution in [2.24, 2.45) is 16.8 Å². The molecule has 240 valence electrons. The number of pyridine rings is 2. The zero-order valence-electron chi connectivity index (χ0n) is 25.4. The minimum Gasteiger partial charge on any atom is -0.396 e. The maximum atomic E-state index is 15.6. The monoisotopic (exact) mass is 687 g/mol. The number of rotatable bonds is 5. The van der Waals surface area contributed by atoms with E-state index in [0.29, 0.717) is 17.6 Å². The first-order valence-corrected chi connectivity index (χ1v) is 15.6. The van der Waals surface area contributed by atoms with Gasteiger partial charge in [-0.3, -0.25) is 19.1 Å².